The number of methoxy groups -OCH3 is 2. The van der Waals surface area contributed by atoms with Gasteiger partial charge >= 0.3 is 5.97 Å². The van der Waals surface area contributed by atoms with E-state index in [9.17, 15) is 4.79 Å². The van der Waals surface area contributed by atoms with Crippen LogP contribution in [0.15, 0.2) is 18.2 Å². The third-order valence-electron chi connectivity index (χ3n) is 3.20. The van der Waals surface area contributed by atoms with Gasteiger partial charge in [0, 0.05) is 24.7 Å². The maximum Gasteiger partial charge on any atom is 0.304 e. The Morgan fingerprint density at radius 1 is 1.30 bits per heavy atom. The van der Waals surface area contributed by atoms with E-state index in [4.69, 9.17) is 14.6 Å². The van der Waals surface area contributed by atoms with Crippen LogP contribution in [0, 0.1) is 0 Å². The fraction of sp³-hybridized carbons (Fsp3) is 0.533. The lowest BCUT2D eigenvalue weighted by molar-refractivity contribution is -0.137. The van der Waals surface area contributed by atoms with Gasteiger partial charge in [-0.25, -0.2) is 0 Å². The molecule has 0 aliphatic heterocycles. The molecule has 0 aliphatic rings. The summed E-state index contributed by atoms with van der Waals surface area (Å²) in [6.07, 6.45) is 0.129. The Hall–Kier alpha value is -1.75. The van der Waals surface area contributed by atoms with Crippen molar-refractivity contribution in [1.29, 1.82) is 0 Å². The molecule has 112 valence electrons. The van der Waals surface area contributed by atoms with E-state index in [0.717, 1.165) is 17.1 Å². The summed E-state index contributed by atoms with van der Waals surface area (Å²) in [5.74, 6) is 0.766. The Kier molecular flexibility index (Phi) is 6.31. The van der Waals surface area contributed by atoms with Gasteiger partial charge in [-0.3, -0.25) is 9.69 Å². The standard InChI is InChI=1S/C15H23NO4/c1-11(2)16(8-7-15(17)18)10-12-9-13(19-3)5-6-14(12)20-4/h5-6,9,11H,7-8,10H2,1-4H3,(H,17,18). The Morgan fingerprint density at radius 3 is 2.50 bits per heavy atom. The molecule has 1 N–H and O–H groups in total. The van der Waals surface area contributed by atoms with E-state index in [0.29, 0.717) is 13.1 Å². The number of rotatable bonds is 8. The quantitative estimate of drug-likeness (QED) is 0.793. The van der Waals surface area contributed by atoms with E-state index in [1.54, 1.807) is 14.2 Å². The number of ether oxygens (including phenoxy) is 2. The van der Waals surface area contributed by atoms with Gasteiger partial charge in [-0.2, -0.15) is 0 Å². The second kappa shape index (κ2) is 7.75. The molecule has 0 spiro atoms. The molecule has 1 aromatic rings. The molecule has 0 aromatic heterocycles. The zero-order valence-corrected chi connectivity index (χ0v) is 12.5. The van der Waals surface area contributed by atoms with Crippen LogP contribution in [0.2, 0.25) is 0 Å². The average molecular weight is 281 g/mol. The van der Waals surface area contributed by atoms with E-state index in [1.807, 2.05) is 18.2 Å². The number of carboxylic acids is 1. The number of aliphatic carboxylic acids is 1. The molecule has 0 aliphatic carbocycles. The fourth-order valence-corrected chi connectivity index (χ4v) is 1.98. The van der Waals surface area contributed by atoms with Crippen LogP contribution in [0.25, 0.3) is 0 Å². The highest BCUT2D eigenvalue weighted by molar-refractivity contribution is 5.66. The number of carboxylic acid groups (broad SMARTS) is 1. The van der Waals surface area contributed by atoms with Gasteiger partial charge in [-0.05, 0) is 32.0 Å². The van der Waals surface area contributed by atoms with Gasteiger partial charge in [0.15, 0.2) is 0 Å². The van der Waals surface area contributed by atoms with Gasteiger partial charge in [0.25, 0.3) is 0 Å². The smallest absolute Gasteiger partial charge is 0.304 e. The first-order chi connectivity index (χ1) is 9.47. The molecule has 0 heterocycles. The molecule has 0 fully saturated rings. The SMILES string of the molecule is COc1ccc(OC)c(CN(CCC(=O)O)C(C)C)c1. The molecule has 0 unspecified atom stereocenters. The van der Waals surface area contributed by atoms with Crippen molar-refractivity contribution in [2.45, 2.75) is 32.9 Å². The number of carbonyl (C=O) groups is 1. The zero-order chi connectivity index (χ0) is 15.1. The molecule has 5 heteroatoms. The van der Waals surface area contributed by atoms with Crippen molar-refractivity contribution in [2.75, 3.05) is 20.8 Å². The summed E-state index contributed by atoms with van der Waals surface area (Å²) in [6.45, 7) is 5.24. The predicted octanol–water partition coefficient (Wildman–Crippen LogP) is 2.39. The van der Waals surface area contributed by atoms with E-state index in [2.05, 4.69) is 18.7 Å². The van der Waals surface area contributed by atoms with E-state index in [-0.39, 0.29) is 12.5 Å². The van der Waals surface area contributed by atoms with Crippen molar-refractivity contribution in [3.63, 3.8) is 0 Å². The first kappa shape index (κ1) is 16.3. The Morgan fingerprint density at radius 2 is 2.00 bits per heavy atom. The molecular weight excluding hydrogens is 258 g/mol. The van der Waals surface area contributed by atoms with Gasteiger partial charge in [-0.1, -0.05) is 0 Å². The lowest BCUT2D eigenvalue weighted by Crippen LogP contribution is -2.32. The first-order valence-corrected chi connectivity index (χ1v) is 6.64. The van der Waals surface area contributed by atoms with Gasteiger partial charge in [0.05, 0.1) is 20.6 Å². The van der Waals surface area contributed by atoms with Crippen LogP contribution in [0.1, 0.15) is 25.8 Å². The Labute approximate surface area is 120 Å². The average Bonchev–Trinajstić information content (AvgIpc) is 2.42. The summed E-state index contributed by atoms with van der Waals surface area (Å²) >= 11 is 0. The molecule has 5 nitrogen and oxygen atoms in total. The molecule has 0 bridgehead atoms. The van der Waals surface area contributed by atoms with E-state index >= 15 is 0 Å². The van der Waals surface area contributed by atoms with Crippen molar-refractivity contribution in [2.24, 2.45) is 0 Å². The second-order valence-corrected chi connectivity index (χ2v) is 4.89. The van der Waals surface area contributed by atoms with Crippen LogP contribution in [0.5, 0.6) is 11.5 Å². The summed E-state index contributed by atoms with van der Waals surface area (Å²) < 4.78 is 10.6. The van der Waals surface area contributed by atoms with Crippen LogP contribution in [0.3, 0.4) is 0 Å². The van der Waals surface area contributed by atoms with Gasteiger partial charge in [-0.15, -0.1) is 0 Å². The normalized spacial score (nSPS) is 10.9. The molecule has 0 atom stereocenters. The predicted molar refractivity (Wildman–Crippen MR) is 77.3 cm³/mol. The maximum absolute atomic E-state index is 10.7. The fourth-order valence-electron chi connectivity index (χ4n) is 1.98. The van der Waals surface area contributed by atoms with Gasteiger partial charge < -0.3 is 14.6 Å². The first-order valence-electron chi connectivity index (χ1n) is 6.64. The molecule has 0 radical (unpaired) electrons. The lowest BCUT2D eigenvalue weighted by atomic mass is 10.1. The van der Waals surface area contributed by atoms with Gasteiger partial charge in [0.2, 0.25) is 0 Å². The van der Waals surface area contributed by atoms with Crippen LogP contribution in [0.4, 0.5) is 0 Å². The Balaban J connectivity index is 2.88. The summed E-state index contributed by atoms with van der Waals surface area (Å²) in [6, 6.07) is 5.89. The molecule has 0 saturated heterocycles. The number of nitrogens with zero attached hydrogens (tertiary/aromatic N) is 1. The number of hydrogen-bond donors (Lipinski definition) is 1. The van der Waals surface area contributed by atoms with Crippen LogP contribution < -0.4 is 9.47 Å². The topological polar surface area (TPSA) is 59.0 Å². The summed E-state index contributed by atoms with van der Waals surface area (Å²) in [7, 11) is 3.25. The van der Waals surface area contributed by atoms with E-state index < -0.39 is 5.97 Å². The second-order valence-electron chi connectivity index (χ2n) is 4.89. The van der Waals surface area contributed by atoms with Gasteiger partial charge in [0.1, 0.15) is 11.5 Å². The third-order valence-corrected chi connectivity index (χ3v) is 3.20. The summed E-state index contributed by atoms with van der Waals surface area (Å²) in [4.78, 5) is 12.8. The highest BCUT2D eigenvalue weighted by atomic mass is 16.5. The van der Waals surface area contributed by atoms with Crippen molar-refractivity contribution >= 4 is 5.97 Å². The van der Waals surface area contributed by atoms with Crippen molar-refractivity contribution in [3.8, 4) is 11.5 Å². The zero-order valence-electron chi connectivity index (χ0n) is 12.5. The molecule has 1 rings (SSSR count). The number of benzene rings is 1. The van der Waals surface area contributed by atoms with Crippen LogP contribution >= 0.6 is 0 Å². The molecule has 20 heavy (non-hydrogen) atoms. The summed E-state index contributed by atoms with van der Waals surface area (Å²) in [5, 5.41) is 8.82. The van der Waals surface area contributed by atoms with Crippen molar-refractivity contribution < 1.29 is 19.4 Å². The largest absolute Gasteiger partial charge is 0.497 e. The monoisotopic (exact) mass is 281 g/mol. The third kappa shape index (κ3) is 4.74. The van der Waals surface area contributed by atoms with Crippen molar-refractivity contribution in [3.05, 3.63) is 23.8 Å². The minimum absolute atomic E-state index is 0.129. The highest BCUT2D eigenvalue weighted by Gasteiger charge is 2.15. The van der Waals surface area contributed by atoms with Crippen molar-refractivity contribution in [1.82, 2.24) is 4.90 Å². The number of hydrogen-bond acceptors (Lipinski definition) is 4. The summed E-state index contributed by atoms with van der Waals surface area (Å²) in [5.41, 5.74) is 0.992. The highest BCUT2D eigenvalue weighted by Crippen LogP contribution is 2.25. The maximum atomic E-state index is 10.7. The molecule has 1 aromatic carbocycles. The van der Waals surface area contributed by atoms with E-state index in [1.165, 1.54) is 0 Å². The minimum Gasteiger partial charge on any atom is -0.497 e. The molecular formula is C15H23NO4. The lowest BCUT2D eigenvalue weighted by Gasteiger charge is -2.26. The molecule has 0 saturated carbocycles. The molecule has 0 amide bonds. The minimum atomic E-state index is -0.784. The van der Waals surface area contributed by atoms with Crippen LogP contribution in [-0.2, 0) is 11.3 Å². The van der Waals surface area contributed by atoms with Crippen LogP contribution in [-0.4, -0.2) is 42.8 Å². The Bertz CT molecular complexity index is 445.